The molecule has 0 atom stereocenters. The van der Waals surface area contributed by atoms with Gasteiger partial charge in [-0.15, -0.1) is 0 Å². The third-order valence-electron chi connectivity index (χ3n) is 4.83. The second-order valence-electron chi connectivity index (χ2n) is 10.9. The fourth-order valence-corrected chi connectivity index (χ4v) is 3.73. The highest BCUT2D eigenvalue weighted by molar-refractivity contribution is 6.76. The Balaban J connectivity index is 2.04. The van der Waals surface area contributed by atoms with Gasteiger partial charge in [0.1, 0.15) is 31.1 Å². The Labute approximate surface area is 221 Å². The van der Waals surface area contributed by atoms with Gasteiger partial charge in [0.2, 0.25) is 0 Å². The molecule has 2 rings (SSSR count). The number of benzene rings is 1. The summed E-state index contributed by atoms with van der Waals surface area (Å²) in [5.41, 5.74) is 0.00612. The van der Waals surface area contributed by atoms with E-state index in [1.54, 1.807) is 45.0 Å². The van der Waals surface area contributed by atoms with Crippen molar-refractivity contribution in [3.05, 3.63) is 42.0 Å². The van der Waals surface area contributed by atoms with Gasteiger partial charge in [-0.05, 0) is 51.1 Å². The van der Waals surface area contributed by atoms with E-state index in [2.05, 4.69) is 35.0 Å². The first-order valence-corrected chi connectivity index (χ1v) is 15.8. The van der Waals surface area contributed by atoms with Crippen molar-refractivity contribution in [3.63, 3.8) is 0 Å². The molecule has 13 heteroatoms. The SMILES string of the molecule is CC(C)(C)OC(=O)NC/C(=C\F)COc1ccc(-c2nc(CC(F)(F)F)nn2COCC[Si](C)(C)C)cc1. The first-order chi connectivity index (χ1) is 17.5. The summed E-state index contributed by atoms with van der Waals surface area (Å²) in [5, 5.41) is 6.46. The predicted octanol–water partition coefficient (Wildman–Crippen LogP) is 6.12. The van der Waals surface area contributed by atoms with Gasteiger partial charge in [0.15, 0.2) is 11.6 Å². The molecule has 0 fully saturated rings. The summed E-state index contributed by atoms with van der Waals surface area (Å²) in [6, 6.07) is 7.31. The lowest BCUT2D eigenvalue weighted by Gasteiger charge is -2.20. The molecular formula is C25H36F4N4O4Si. The minimum absolute atomic E-state index is 0.0295. The minimum Gasteiger partial charge on any atom is -0.489 e. The van der Waals surface area contributed by atoms with Gasteiger partial charge in [0, 0.05) is 32.4 Å². The Bertz CT molecular complexity index is 1080. The average Bonchev–Trinajstić information content (AvgIpc) is 3.16. The van der Waals surface area contributed by atoms with Crippen LogP contribution in [0.25, 0.3) is 11.4 Å². The summed E-state index contributed by atoms with van der Waals surface area (Å²) < 4.78 is 69.7. The Morgan fingerprint density at radius 2 is 1.79 bits per heavy atom. The van der Waals surface area contributed by atoms with Crippen LogP contribution in [-0.4, -0.2) is 60.5 Å². The molecule has 1 heterocycles. The molecule has 1 amide bonds. The third-order valence-corrected chi connectivity index (χ3v) is 6.54. The maximum atomic E-state index is 13.2. The molecule has 0 saturated carbocycles. The Kier molecular flexibility index (Phi) is 10.9. The number of alkyl halides is 3. The number of nitrogens with zero attached hydrogens (tertiary/aromatic N) is 3. The van der Waals surface area contributed by atoms with E-state index in [-0.39, 0.29) is 37.1 Å². The largest absolute Gasteiger partial charge is 0.489 e. The number of carbonyl (C=O) groups is 1. The molecule has 1 aromatic carbocycles. The zero-order chi connectivity index (χ0) is 28.6. The van der Waals surface area contributed by atoms with Crippen LogP contribution in [0.1, 0.15) is 26.6 Å². The molecule has 38 heavy (non-hydrogen) atoms. The molecule has 0 aliphatic heterocycles. The highest BCUT2D eigenvalue weighted by Gasteiger charge is 2.31. The molecule has 1 aromatic heterocycles. The number of carbonyl (C=O) groups excluding carboxylic acids is 1. The molecule has 8 nitrogen and oxygen atoms in total. The van der Waals surface area contributed by atoms with E-state index >= 15 is 0 Å². The maximum absolute atomic E-state index is 13.2. The van der Waals surface area contributed by atoms with Crippen LogP contribution in [0.3, 0.4) is 0 Å². The van der Waals surface area contributed by atoms with Crippen LogP contribution in [0.15, 0.2) is 36.2 Å². The van der Waals surface area contributed by atoms with Gasteiger partial charge in [-0.3, -0.25) is 0 Å². The number of ether oxygens (including phenoxy) is 3. The van der Waals surface area contributed by atoms with Crippen molar-refractivity contribution in [1.29, 1.82) is 0 Å². The van der Waals surface area contributed by atoms with Gasteiger partial charge in [-0.1, -0.05) is 19.6 Å². The van der Waals surface area contributed by atoms with Gasteiger partial charge >= 0.3 is 12.3 Å². The lowest BCUT2D eigenvalue weighted by Crippen LogP contribution is -2.34. The fraction of sp³-hybridized carbons (Fsp3) is 0.560. The van der Waals surface area contributed by atoms with Crippen LogP contribution in [0.5, 0.6) is 5.75 Å². The van der Waals surface area contributed by atoms with Crippen molar-refractivity contribution in [2.45, 2.75) is 71.4 Å². The molecule has 0 aliphatic carbocycles. The summed E-state index contributed by atoms with van der Waals surface area (Å²) in [6.07, 6.45) is -6.03. The van der Waals surface area contributed by atoms with Crippen molar-refractivity contribution >= 4 is 14.2 Å². The summed E-state index contributed by atoms with van der Waals surface area (Å²) >= 11 is 0. The van der Waals surface area contributed by atoms with E-state index in [4.69, 9.17) is 14.2 Å². The Morgan fingerprint density at radius 3 is 2.34 bits per heavy atom. The number of alkyl carbamates (subject to hydrolysis) is 1. The van der Waals surface area contributed by atoms with Crippen LogP contribution >= 0.6 is 0 Å². The van der Waals surface area contributed by atoms with E-state index in [0.717, 1.165) is 6.04 Å². The summed E-state index contributed by atoms with van der Waals surface area (Å²) in [6.45, 7) is 12.0. The first-order valence-electron chi connectivity index (χ1n) is 12.1. The second-order valence-corrected chi connectivity index (χ2v) is 16.5. The molecule has 0 radical (unpaired) electrons. The Hall–Kier alpha value is -2.93. The lowest BCUT2D eigenvalue weighted by atomic mass is 10.2. The van der Waals surface area contributed by atoms with Gasteiger partial charge in [-0.2, -0.15) is 18.3 Å². The van der Waals surface area contributed by atoms with E-state index in [0.29, 0.717) is 24.2 Å². The van der Waals surface area contributed by atoms with Crippen molar-refractivity contribution in [2.24, 2.45) is 0 Å². The van der Waals surface area contributed by atoms with Crippen LogP contribution in [0.4, 0.5) is 22.4 Å². The standard InChI is InChI=1S/C25H36F4N4O4Si/c1-24(2,3)37-23(34)30-15-18(14-26)16-36-20-9-7-19(8-10-20)22-31-21(13-25(27,28)29)32-33(22)17-35-11-12-38(4,5)6/h7-10,14H,11-13,15-17H2,1-6H3,(H,30,34)/b18-14+. The van der Waals surface area contributed by atoms with Gasteiger partial charge < -0.3 is 19.5 Å². The molecule has 0 bridgehead atoms. The second kappa shape index (κ2) is 13.2. The normalized spacial score (nSPS) is 12.9. The number of hydrogen-bond acceptors (Lipinski definition) is 6. The molecule has 0 saturated heterocycles. The van der Waals surface area contributed by atoms with E-state index in [1.807, 2.05) is 0 Å². The monoisotopic (exact) mass is 560 g/mol. The summed E-state index contributed by atoms with van der Waals surface area (Å²) in [5.74, 6) is 0.268. The zero-order valence-electron chi connectivity index (χ0n) is 22.6. The number of halogens is 4. The topological polar surface area (TPSA) is 87.5 Å². The number of rotatable bonds is 12. The fourth-order valence-electron chi connectivity index (χ4n) is 2.97. The van der Waals surface area contributed by atoms with Gasteiger partial charge in [0.05, 0.1) is 6.33 Å². The van der Waals surface area contributed by atoms with E-state index < -0.39 is 32.4 Å². The highest BCUT2D eigenvalue weighted by atomic mass is 28.3. The van der Waals surface area contributed by atoms with Crippen molar-refractivity contribution in [3.8, 4) is 17.1 Å². The first kappa shape index (κ1) is 31.3. The molecule has 0 spiro atoms. The zero-order valence-corrected chi connectivity index (χ0v) is 23.6. The Morgan fingerprint density at radius 1 is 1.13 bits per heavy atom. The smallest absolute Gasteiger partial charge is 0.407 e. The molecule has 1 N–H and O–H groups in total. The van der Waals surface area contributed by atoms with Crippen LogP contribution in [0.2, 0.25) is 25.7 Å². The number of hydrogen-bond donors (Lipinski definition) is 1. The van der Waals surface area contributed by atoms with E-state index in [9.17, 15) is 22.4 Å². The summed E-state index contributed by atoms with van der Waals surface area (Å²) in [7, 11) is -1.33. The molecule has 212 valence electrons. The van der Waals surface area contributed by atoms with E-state index in [1.165, 1.54) is 4.68 Å². The number of amides is 1. The third kappa shape index (κ3) is 12.1. The van der Waals surface area contributed by atoms with Crippen molar-refractivity contribution in [2.75, 3.05) is 19.8 Å². The van der Waals surface area contributed by atoms with Gasteiger partial charge in [-0.25, -0.2) is 18.9 Å². The molecule has 0 aliphatic rings. The number of nitrogens with one attached hydrogen (secondary N) is 1. The minimum atomic E-state index is -4.44. The average molecular weight is 561 g/mol. The summed E-state index contributed by atoms with van der Waals surface area (Å²) in [4.78, 5) is 15.8. The maximum Gasteiger partial charge on any atom is 0.407 e. The number of aromatic nitrogens is 3. The predicted molar refractivity (Wildman–Crippen MR) is 138 cm³/mol. The van der Waals surface area contributed by atoms with Crippen molar-refractivity contribution < 1.29 is 36.6 Å². The molecule has 2 aromatic rings. The highest BCUT2D eigenvalue weighted by Crippen LogP contribution is 2.25. The molecule has 0 unspecified atom stereocenters. The lowest BCUT2D eigenvalue weighted by molar-refractivity contribution is -0.128. The molecular weight excluding hydrogens is 524 g/mol. The van der Waals surface area contributed by atoms with Crippen LogP contribution in [0, 0.1) is 0 Å². The van der Waals surface area contributed by atoms with Crippen LogP contribution in [-0.2, 0) is 22.6 Å². The van der Waals surface area contributed by atoms with Gasteiger partial charge in [0.25, 0.3) is 0 Å². The van der Waals surface area contributed by atoms with Crippen LogP contribution < -0.4 is 10.1 Å². The quantitative estimate of drug-likeness (QED) is 0.191. The van der Waals surface area contributed by atoms with Crippen molar-refractivity contribution in [1.82, 2.24) is 20.1 Å².